The van der Waals surface area contributed by atoms with Gasteiger partial charge < -0.3 is 49.1 Å². The van der Waals surface area contributed by atoms with E-state index < -0.39 is 49.2 Å². The molecule has 1 aromatic carbocycles. The number of benzene rings is 1. The number of fused-ring (bicyclic) bond motifs is 3. The van der Waals surface area contributed by atoms with Crippen LogP contribution in [0.25, 0.3) is 17.0 Å². The van der Waals surface area contributed by atoms with E-state index in [0.717, 1.165) is 5.56 Å². The van der Waals surface area contributed by atoms with Crippen LogP contribution in [0, 0.1) is 5.92 Å². The predicted octanol–water partition coefficient (Wildman–Crippen LogP) is -0.0278. The molecule has 3 heterocycles. The van der Waals surface area contributed by atoms with Gasteiger partial charge in [-0.1, -0.05) is 12.2 Å². The van der Waals surface area contributed by atoms with Crippen LogP contribution in [0.1, 0.15) is 36.0 Å². The van der Waals surface area contributed by atoms with Gasteiger partial charge in [0.05, 0.1) is 32.5 Å². The first-order valence-electron chi connectivity index (χ1n) is 12.5. The fourth-order valence-corrected chi connectivity index (χ4v) is 5.34. The summed E-state index contributed by atoms with van der Waals surface area (Å²) in [5.74, 6) is -0.981. The van der Waals surface area contributed by atoms with Crippen molar-refractivity contribution in [2.24, 2.45) is 5.92 Å². The normalized spacial score (nSPS) is 30.7. The minimum atomic E-state index is -1.66. The van der Waals surface area contributed by atoms with E-state index in [2.05, 4.69) is 5.32 Å². The van der Waals surface area contributed by atoms with Crippen LogP contribution in [0.2, 0.25) is 0 Å². The number of methoxy groups -OCH3 is 1. The molecule has 0 saturated carbocycles. The standard InChI is InChI=1S/C26H31NO11/c1-3-35-25(33)11-4-5-13-14(6-11)22(38-26-21(32)20(31)19(30)16(9-28)37-26)24(34-2)23-18(13)15(10-36-23)12-7-17(29)27-8-12/h4-5,10-12,16,19-21,26,28,30-32H,3,6-9H2,1-2H3,(H,27,29)/t11-,12+,16+,19+,20-,21+,26+/m0/s1. The second-order valence-corrected chi connectivity index (χ2v) is 9.59. The number of carbonyl (C=O) groups is 2. The molecule has 1 aliphatic carbocycles. The number of nitrogens with one attached hydrogen (secondary N) is 1. The molecule has 12 heteroatoms. The molecule has 7 atom stereocenters. The van der Waals surface area contributed by atoms with Gasteiger partial charge in [0.2, 0.25) is 17.9 Å². The third-order valence-corrected chi connectivity index (χ3v) is 7.31. The summed E-state index contributed by atoms with van der Waals surface area (Å²) in [5, 5.41) is 44.2. The molecule has 1 amide bonds. The summed E-state index contributed by atoms with van der Waals surface area (Å²) in [6.45, 7) is 1.75. The van der Waals surface area contributed by atoms with Crippen molar-refractivity contribution in [1.29, 1.82) is 0 Å². The zero-order chi connectivity index (χ0) is 27.1. The highest BCUT2D eigenvalue weighted by atomic mass is 16.7. The molecular weight excluding hydrogens is 502 g/mol. The summed E-state index contributed by atoms with van der Waals surface area (Å²) in [4.78, 5) is 24.6. The average molecular weight is 534 g/mol. The number of ether oxygens (including phenoxy) is 4. The van der Waals surface area contributed by atoms with E-state index in [4.69, 9.17) is 23.4 Å². The van der Waals surface area contributed by atoms with Crippen molar-refractivity contribution in [2.45, 2.75) is 56.4 Å². The summed E-state index contributed by atoms with van der Waals surface area (Å²) in [5.41, 5.74) is 2.36. The molecule has 2 aromatic rings. The van der Waals surface area contributed by atoms with Gasteiger partial charge in [0.1, 0.15) is 24.4 Å². The Labute approximate surface area is 217 Å². The Balaban J connectivity index is 1.64. The van der Waals surface area contributed by atoms with Crippen LogP contribution in [0.15, 0.2) is 16.8 Å². The number of hydrogen-bond acceptors (Lipinski definition) is 11. The zero-order valence-corrected chi connectivity index (χ0v) is 21.0. The van der Waals surface area contributed by atoms with E-state index in [-0.39, 0.29) is 36.4 Å². The van der Waals surface area contributed by atoms with Crippen LogP contribution in [0.3, 0.4) is 0 Å². The molecule has 5 N–H and O–H groups in total. The molecule has 2 fully saturated rings. The molecule has 12 nitrogen and oxygen atoms in total. The molecule has 2 aliphatic heterocycles. The molecule has 206 valence electrons. The third kappa shape index (κ3) is 4.41. The second kappa shape index (κ2) is 10.5. The summed E-state index contributed by atoms with van der Waals surface area (Å²) < 4.78 is 28.5. The van der Waals surface area contributed by atoms with Crippen molar-refractivity contribution >= 4 is 28.9 Å². The summed E-state index contributed by atoms with van der Waals surface area (Å²) in [6, 6.07) is 0. The van der Waals surface area contributed by atoms with Crippen LogP contribution >= 0.6 is 0 Å². The Hall–Kier alpha value is -3.16. The van der Waals surface area contributed by atoms with E-state index in [1.54, 1.807) is 25.3 Å². The molecule has 5 rings (SSSR count). The van der Waals surface area contributed by atoms with Crippen LogP contribution in [-0.2, 0) is 25.5 Å². The predicted molar refractivity (Wildman–Crippen MR) is 130 cm³/mol. The van der Waals surface area contributed by atoms with Crippen molar-refractivity contribution in [1.82, 2.24) is 5.32 Å². The maximum Gasteiger partial charge on any atom is 0.313 e. The van der Waals surface area contributed by atoms with Gasteiger partial charge in [-0.25, -0.2) is 0 Å². The average Bonchev–Trinajstić information content (AvgIpc) is 3.55. The minimum Gasteiger partial charge on any atom is -0.490 e. The molecule has 3 aliphatic rings. The number of rotatable bonds is 7. The first-order chi connectivity index (χ1) is 18.3. The molecule has 0 unspecified atom stereocenters. The van der Waals surface area contributed by atoms with Crippen molar-refractivity contribution in [3.8, 4) is 11.5 Å². The zero-order valence-electron chi connectivity index (χ0n) is 21.0. The molecule has 0 radical (unpaired) electrons. The van der Waals surface area contributed by atoms with Crippen molar-refractivity contribution < 1.29 is 53.4 Å². The lowest BCUT2D eigenvalue weighted by atomic mass is 9.84. The van der Waals surface area contributed by atoms with Gasteiger partial charge in [0.15, 0.2) is 11.3 Å². The van der Waals surface area contributed by atoms with Gasteiger partial charge in [-0.2, -0.15) is 0 Å². The number of aliphatic hydroxyl groups is 4. The van der Waals surface area contributed by atoms with Crippen LogP contribution in [0.4, 0.5) is 0 Å². The van der Waals surface area contributed by atoms with Gasteiger partial charge in [-0.05, 0) is 18.9 Å². The number of hydrogen-bond donors (Lipinski definition) is 5. The van der Waals surface area contributed by atoms with E-state index >= 15 is 0 Å². The van der Waals surface area contributed by atoms with Gasteiger partial charge in [-0.3, -0.25) is 9.59 Å². The number of esters is 1. The van der Waals surface area contributed by atoms with E-state index in [1.165, 1.54) is 7.11 Å². The van der Waals surface area contributed by atoms with Crippen molar-refractivity contribution in [3.63, 3.8) is 0 Å². The molecule has 38 heavy (non-hydrogen) atoms. The SMILES string of the molecule is CCOC(=O)[C@H]1C=Cc2c(c(O[C@H]3O[C@H](CO)[C@@H](O)[C@H](O)[C@H]3O)c(OC)c3occ([C@H]4CNC(=O)C4)c23)C1. The molecule has 2 saturated heterocycles. The lowest BCUT2D eigenvalue weighted by molar-refractivity contribution is -0.277. The quantitative estimate of drug-likeness (QED) is 0.302. The Kier molecular flexibility index (Phi) is 7.34. The lowest BCUT2D eigenvalue weighted by Crippen LogP contribution is -2.60. The minimum absolute atomic E-state index is 0.0642. The summed E-state index contributed by atoms with van der Waals surface area (Å²) in [7, 11) is 1.41. The highest BCUT2D eigenvalue weighted by molar-refractivity contribution is 6.00. The van der Waals surface area contributed by atoms with E-state index in [9.17, 15) is 30.0 Å². The number of aliphatic hydroxyl groups excluding tert-OH is 4. The highest BCUT2D eigenvalue weighted by Crippen LogP contribution is 2.49. The summed E-state index contributed by atoms with van der Waals surface area (Å²) in [6.07, 6.45) is -2.00. The number of furan rings is 1. The Morgan fingerprint density at radius 1 is 1.16 bits per heavy atom. The lowest BCUT2D eigenvalue weighted by Gasteiger charge is -2.40. The van der Waals surface area contributed by atoms with Gasteiger partial charge in [-0.15, -0.1) is 0 Å². The Morgan fingerprint density at radius 2 is 1.95 bits per heavy atom. The highest BCUT2D eigenvalue weighted by Gasteiger charge is 2.46. The largest absolute Gasteiger partial charge is 0.490 e. The second-order valence-electron chi connectivity index (χ2n) is 9.59. The fourth-order valence-electron chi connectivity index (χ4n) is 5.34. The topological polar surface area (TPSA) is 177 Å². The molecular formula is C26H31NO11. The van der Waals surface area contributed by atoms with Crippen molar-refractivity contribution in [2.75, 3.05) is 26.9 Å². The van der Waals surface area contributed by atoms with Gasteiger partial charge in [0, 0.05) is 35.4 Å². The third-order valence-electron chi connectivity index (χ3n) is 7.31. The van der Waals surface area contributed by atoms with E-state index in [1.807, 2.05) is 0 Å². The molecule has 1 aromatic heterocycles. The first-order valence-corrected chi connectivity index (χ1v) is 12.5. The molecule has 0 bridgehead atoms. The molecule has 0 spiro atoms. The maximum absolute atomic E-state index is 12.6. The van der Waals surface area contributed by atoms with Crippen LogP contribution in [-0.4, -0.2) is 89.9 Å². The fraction of sp³-hybridized carbons (Fsp3) is 0.538. The van der Waals surface area contributed by atoms with Gasteiger partial charge in [0.25, 0.3) is 0 Å². The Bertz CT molecular complexity index is 1250. The number of carbonyl (C=O) groups excluding carboxylic acids is 2. The smallest absolute Gasteiger partial charge is 0.313 e. The van der Waals surface area contributed by atoms with Crippen molar-refractivity contribution in [3.05, 3.63) is 29.0 Å². The van der Waals surface area contributed by atoms with E-state index in [0.29, 0.717) is 35.1 Å². The monoisotopic (exact) mass is 533 g/mol. The Morgan fingerprint density at radius 3 is 2.61 bits per heavy atom. The maximum atomic E-state index is 12.6. The summed E-state index contributed by atoms with van der Waals surface area (Å²) >= 11 is 0. The van der Waals surface area contributed by atoms with Gasteiger partial charge >= 0.3 is 5.97 Å². The van der Waals surface area contributed by atoms with Crippen LogP contribution in [0.5, 0.6) is 11.5 Å². The number of amides is 1. The first kappa shape index (κ1) is 26.4. The van der Waals surface area contributed by atoms with Crippen LogP contribution < -0.4 is 14.8 Å².